The van der Waals surface area contributed by atoms with E-state index in [2.05, 4.69) is 10.2 Å². The third-order valence-corrected chi connectivity index (χ3v) is 3.88. The molecule has 0 aromatic heterocycles. The van der Waals surface area contributed by atoms with E-state index < -0.39 is 11.7 Å². The number of nitrogens with one attached hydrogen (secondary N) is 1. The van der Waals surface area contributed by atoms with Crippen molar-refractivity contribution in [3.05, 3.63) is 54.1 Å². The zero-order valence-electron chi connectivity index (χ0n) is 12.0. The standard InChI is InChI=1S/C17H17F3N2/c18-17(19,20)14-7-5-13(6-8-14)15-3-1-2-4-16(15)22-11-9-21-10-12-22/h1-8,21H,9-12H2. The van der Waals surface area contributed by atoms with E-state index in [-0.39, 0.29) is 0 Å². The van der Waals surface area contributed by atoms with Crippen molar-refractivity contribution in [2.45, 2.75) is 6.18 Å². The first kappa shape index (κ1) is 14.9. The SMILES string of the molecule is FC(F)(F)c1ccc(-c2ccccc2N2CCNCC2)cc1. The molecule has 116 valence electrons. The highest BCUT2D eigenvalue weighted by molar-refractivity contribution is 5.78. The van der Waals surface area contributed by atoms with Gasteiger partial charge in [0.05, 0.1) is 5.56 Å². The normalized spacial score (nSPS) is 15.9. The minimum absolute atomic E-state index is 0.615. The zero-order chi connectivity index (χ0) is 15.6. The number of benzene rings is 2. The molecule has 1 heterocycles. The Bertz CT molecular complexity index is 629. The van der Waals surface area contributed by atoms with Gasteiger partial charge in [-0.15, -0.1) is 0 Å². The van der Waals surface area contributed by atoms with E-state index in [0.29, 0.717) is 0 Å². The fourth-order valence-corrected chi connectivity index (χ4v) is 2.74. The molecule has 5 heteroatoms. The largest absolute Gasteiger partial charge is 0.416 e. The molecule has 0 unspecified atom stereocenters. The highest BCUT2D eigenvalue weighted by Crippen LogP contribution is 2.34. The van der Waals surface area contributed by atoms with E-state index in [4.69, 9.17) is 0 Å². The highest BCUT2D eigenvalue weighted by atomic mass is 19.4. The van der Waals surface area contributed by atoms with Gasteiger partial charge in [0, 0.05) is 37.4 Å². The highest BCUT2D eigenvalue weighted by Gasteiger charge is 2.30. The van der Waals surface area contributed by atoms with Crippen LogP contribution in [-0.4, -0.2) is 26.2 Å². The van der Waals surface area contributed by atoms with Gasteiger partial charge < -0.3 is 10.2 Å². The molecule has 0 saturated carbocycles. The van der Waals surface area contributed by atoms with Crippen LogP contribution in [0.2, 0.25) is 0 Å². The quantitative estimate of drug-likeness (QED) is 0.908. The molecule has 2 aromatic rings. The maximum atomic E-state index is 12.7. The third-order valence-electron chi connectivity index (χ3n) is 3.88. The molecule has 0 atom stereocenters. The van der Waals surface area contributed by atoms with Crippen LogP contribution in [0.5, 0.6) is 0 Å². The Balaban J connectivity index is 1.94. The van der Waals surface area contributed by atoms with Crippen LogP contribution >= 0.6 is 0 Å². The van der Waals surface area contributed by atoms with Crippen LogP contribution in [0.4, 0.5) is 18.9 Å². The average molecular weight is 306 g/mol. The van der Waals surface area contributed by atoms with Gasteiger partial charge in [-0.25, -0.2) is 0 Å². The number of hydrogen-bond donors (Lipinski definition) is 1. The van der Waals surface area contributed by atoms with Gasteiger partial charge in [0.15, 0.2) is 0 Å². The molecule has 1 aliphatic heterocycles. The average Bonchev–Trinajstić information content (AvgIpc) is 2.55. The van der Waals surface area contributed by atoms with Crippen LogP contribution in [0, 0.1) is 0 Å². The van der Waals surface area contributed by atoms with Crippen molar-refractivity contribution < 1.29 is 13.2 Å². The summed E-state index contributed by atoms with van der Waals surface area (Å²) in [7, 11) is 0. The number of anilines is 1. The molecular weight excluding hydrogens is 289 g/mol. The lowest BCUT2D eigenvalue weighted by molar-refractivity contribution is -0.137. The number of hydrogen-bond acceptors (Lipinski definition) is 2. The molecule has 1 aliphatic rings. The molecular formula is C17H17F3N2. The summed E-state index contributed by atoms with van der Waals surface area (Å²) in [5, 5.41) is 3.30. The molecule has 2 nitrogen and oxygen atoms in total. The van der Waals surface area contributed by atoms with Crippen LogP contribution in [0.1, 0.15) is 5.56 Å². The third kappa shape index (κ3) is 3.09. The van der Waals surface area contributed by atoms with Crippen LogP contribution in [0.3, 0.4) is 0 Å². The minimum atomic E-state index is -4.30. The van der Waals surface area contributed by atoms with Gasteiger partial charge in [-0.2, -0.15) is 13.2 Å². The molecule has 1 fully saturated rings. The molecule has 2 aromatic carbocycles. The summed E-state index contributed by atoms with van der Waals surface area (Å²) in [6.45, 7) is 3.64. The maximum Gasteiger partial charge on any atom is 0.416 e. The molecule has 3 rings (SSSR count). The van der Waals surface area contributed by atoms with Crippen molar-refractivity contribution in [2.24, 2.45) is 0 Å². The maximum absolute atomic E-state index is 12.7. The smallest absolute Gasteiger partial charge is 0.368 e. The van der Waals surface area contributed by atoms with Gasteiger partial charge in [-0.05, 0) is 23.8 Å². The van der Waals surface area contributed by atoms with Gasteiger partial charge in [0.1, 0.15) is 0 Å². The van der Waals surface area contributed by atoms with Crippen LogP contribution < -0.4 is 10.2 Å². The van der Waals surface area contributed by atoms with Gasteiger partial charge in [-0.3, -0.25) is 0 Å². The molecule has 0 aliphatic carbocycles. The molecule has 0 spiro atoms. The number of halogens is 3. The second-order valence-corrected chi connectivity index (χ2v) is 5.33. The van der Waals surface area contributed by atoms with Crippen LogP contribution in [0.25, 0.3) is 11.1 Å². The topological polar surface area (TPSA) is 15.3 Å². The Morgan fingerprint density at radius 2 is 1.50 bits per heavy atom. The number of nitrogens with zero attached hydrogens (tertiary/aromatic N) is 1. The van der Waals surface area contributed by atoms with E-state index in [0.717, 1.165) is 55.1 Å². The first-order valence-corrected chi connectivity index (χ1v) is 7.28. The monoisotopic (exact) mass is 306 g/mol. The molecule has 0 amide bonds. The van der Waals surface area contributed by atoms with Crippen LogP contribution in [-0.2, 0) is 6.18 Å². The second-order valence-electron chi connectivity index (χ2n) is 5.33. The van der Waals surface area contributed by atoms with Gasteiger partial charge in [0.25, 0.3) is 0 Å². The lowest BCUT2D eigenvalue weighted by Crippen LogP contribution is -2.43. The van der Waals surface area contributed by atoms with E-state index in [1.165, 1.54) is 0 Å². The molecule has 0 bridgehead atoms. The van der Waals surface area contributed by atoms with Crippen molar-refractivity contribution in [1.82, 2.24) is 5.32 Å². The Kier molecular flexibility index (Phi) is 4.07. The first-order chi connectivity index (χ1) is 10.6. The second kappa shape index (κ2) is 6.01. The van der Waals surface area contributed by atoms with E-state index >= 15 is 0 Å². The zero-order valence-corrected chi connectivity index (χ0v) is 12.0. The van der Waals surface area contributed by atoms with Crippen LogP contribution in [0.15, 0.2) is 48.5 Å². The fourth-order valence-electron chi connectivity index (χ4n) is 2.74. The Morgan fingerprint density at radius 3 is 2.14 bits per heavy atom. The van der Waals surface area contributed by atoms with Crippen molar-refractivity contribution in [3.8, 4) is 11.1 Å². The Morgan fingerprint density at radius 1 is 0.864 bits per heavy atom. The van der Waals surface area contributed by atoms with Crippen molar-refractivity contribution in [2.75, 3.05) is 31.1 Å². The number of rotatable bonds is 2. The number of alkyl halides is 3. The molecule has 1 N–H and O–H groups in total. The summed E-state index contributed by atoms with van der Waals surface area (Å²) >= 11 is 0. The van der Waals surface area contributed by atoms with Crippen molar-refractivity contribution in [1.29, 1.82) is 0 Å². The van der Waals surface area contributed by atoms with Gasteiger partial charge >= 0.3 is 6.18 Å². The molecule has 0 radical (unpaired) electrons. The summed E-state index contributed by atoms with van der Waals surface area (Å²) in [5.74, 6) is 0. The Labute approximate surface area is 127 Å². The van der Waals surface area contributed by atoms with Gasteiger partial charge in [0.2, 0.25) is 0 Å². The van der Waals surface area contributed by atoms with Crippen molar-refractivity contribution in [3.63, 3.8) is 0 Å². The summed E-state index contributed by atoms with van der Waals surface area (Å²) < 4.78 is 38.0. The molecule has 22 heavy (non-hydrogen) atoms. The van der Waals surface area contributed by atoms with Gasteiger partial charge in [-0.1, -0.05) is 30.3 Å². The first-order valence-electron chi connectivity index (χ1n) is 7.28. The van der Waals surface area contributed by atoms with E-state index in [9.17, 15) is 13.2 Å². The molecule has 1 saturated heterocycles. The summed E-state index contributed by atoms with van der Waals surface area (Å²) in [4.78, 5) is 2.27. The van der Waals surface area contributed by atoms with E-state index in [1.807, 2.05) is 24.3 Å². The van der Waals surface area contributed by atoms with E-state index in [1.54, 1.807) is 12.1 Å². The lowest BCUT2D eigenvalue weighted by atomic mass is 10.0. The summed E-state index contributed by atoms with van der Waals surface area (Å²) in [5.41, 5.74) is 2.24. The van der Waals surface area contributed by atoms with Crippen molar-refractivity contribution >= 4 is 5.69 Å². The lowest BCUT2D eigenvalue weighted by Gasteiger charge is -2.31. The number of piperazine rings is 1. The Hall–Kier alpha value is -2.01. The number of para-hydroxylation sites is 1. The predicted octanol–water partition coefficient (Wildman–Crippen LogP) is 3.78. The fraction of sp³-hybridized carbons (Fsp3) is 0.294. The summed E-state index contributed by atoms with van der Waals surface area (Å²) in [6, 6.07) is 13.2. The summed E-state index contributed by atoms with van der Waals surface area (Å²) in [6.07, 6.45) is -4.30. The minimum Gasteiger partial charge on any atom is -0.368 e. The predicted molar refractivity (Wildman–Crippen MR) is 82.0 cm³/mol.